The van der Waals surface area contributed by atoms with Gasteiger partial charge in [0.25, 0.3) is 0 Å². The maximum atomic E-state index is 14.9. The number of nitrogens with zero attached hydrogens (tertiary/aromatic N) is 6. The average Bonchev–Trinajstić information content (AvgIpc) is 0.725. The summed E-state index contributed by atoms with van der Waals surface area (Å²) in [4.78, 5) is 0. The van der Waals surface area contributed by atoms with Gasteiger partial charge >= 0.3 is 0 Å². The summed E-state index contributed by atoms with van der Waals surface area (Å²) in [6.07, 6.45) is 12.3. The molecule has 0 spiro atoms. The molecule has 0 aliphatic carbocycles. The van der Waals surface area contributed by atoms with Gasteiger partial charge in [0.2, 0.25) is 34.2 Å². The van der Waals surface area contributed by atoms with Crippen LogP contribution in [0.1, 0.15) is 167 Å². The molecule has 0 atom stereocenters. The SMILES string of the molecule is Cc1cc(-c2c3cccc(C(C)C)c3cc[n+]2C)c(C)c(C)c1F.Cc1cc(-c2c3ccccc3c(C(C)C)c[n+]2C)c(C)c(C)c1F.Cc1cc(C)c(F)c(-c2c3cccc(C)c3cc[n+]2C)c1C.Cc1cc(C)c(F)c(-c2c3ccccc3cc[n+]2C)c1C.Cc1ccc2c(-c3c(C)c(C)cc(C)c3F)[n+](C)ccc2c1.Cc1ccc2cc[n+](C)c(-c3c(C)c(C)cc(C)c3F)c2c1. The number of aromatic nitrogens is 6. The van der Waals surface area contributed by atoms with Gasteiger partial charge in [-0.05, 0) is 349 Å². The zero-order valence-electron chi connectivity index (χ0n) is 85.0. The summed E-state index contributed by atoms with van der Waals surface area (Å²) in [5, 5.41) is 13.9. The highest BCUT2D eigenvalue weighted by molar-refractivity contribution is 6.01. The maximum Gasteiger partial charge on any atom is 0.223 e. The number of hydrogen-bond acceptors (Lipinski definition) is 0. The van der Waals surface area contributed by atoms with E-state index < -0.39 is 0 Å². The second-order valence-corrected chi connectivity index (χ2v) is 38.3. The third-order valence-corrected chi connectivity index (χ3v) is 28.0. The van der Waals surface area contributed by atoms with Gasteiger partial charge in [-0.2, -0.15) is 0 Å². The van der Waals surface area contributed by atoms with Crippen LogP contribution in [0.4, 0.5) is 26.3 Å². The molecule has 135 heavy (non-hydrogen) atoms. The van der Waals surface area contributed by atoms with Gasteiger partial charge in [0, 0.05) is 35.9 Å². The minimum atomic E-state index is -0.120. The van der Waals surface area contributed by atoms with E-state index in [-0.39, 0.29) is 34.9 Å². The summed E-state index contributed by atoms with van der Waals surface area (Å²) in [7, 11) is 12.1. The molecule has 0 saturated carbocycles. The molecule has 0 saturated heterocycles. The second kappa shape index (κ2) is 40.5. The van der Waals surface area contributed by atoms with E-state index >= 15 is 0 Å². The Balaban J connectivity index is 0.000000137. The molecule has 6 nitrogen and oxygen atoms in total. The quantitative estimate of drug-likeness (QED) is 0.107. The van der Waals surface area contributed by atoms with Crippen LogP contribution in [0.15, 0.2) is 225 Å². The van der Waals surface area contributed by atoms with E-state index in [4.69, 9.17) is 0 Å². The van der Waals surface area contributed by atoms with Crippen LogP contribution in [0, 0.1) is 180 Å². The molecular formula is C123H132F6N6+6. The third-order valence-electron chi connectivity index (χ3n) is 28.0. The van der Waals surface area contributed by atoms with Crippen LogP contribution in [-0.4, -0.2) is 0 Å². The van der Waals surface area contributed by atoms with Crippen molar-refractivity contribution in [1.29, 1.82) is 0 Å². The Hall–Kier alpha value is -13.3. The van der Waals surface area contributed by atoms with Crippen LogP contribution in [0.5, 0.6) is 0 Å². The van der Waals surface area contributed by atoms with Gasteiger partial charge < -0.3 is 0 Å². The summed E-state index contributed by atoms with van der Waals surface area (Å²) in [6, 6.07) is 64.2. The number of hydrogen-bond donors (Lipinski definition) is 0. The van der Waals surface area contributed by atoms with Crippen molar-refractivity contribution < 1.29 is 53.7 Å². The number of fused-ring (bicyclic) bond motifs is 6. The summed E-state index contributed by atoms with van der Waals surface area (Å²) in [5.41, 5.74) is 33.7. The van der Waals surface area contributed by atoms with Crippen molar-refractivity contribution >= 4 is 64.6 Å². The van der Waals surface area contributed by atoms with Gasteiger partial charge in [0.1, 0.15) is 77.2 Å². The maximum absolute atomic E-state index is 14.9. The van der Waals surface area contributed by atoms with Crippen molar-refractivity contribution in [2.45, 2.75) is 185 Å². The van der Waals surface area contributed by atoms with E-state index in [1.165, 1.54) is 54.7 Å². The molecule has 0 aliphatic rings. The van der Waals surface area contributed by atoms with Crippen molar-refractivity contribution in [2.24, 2.45) is 42.3 Å². The first kappa shape index (κ1) is 99.2. The van der Waals surface area contributed by atoms with Crippen molar-refractivity contribution in [3.63, 3.8) is 0 Å². The first-order chi connectivity index (χ1) is 63.9. The molecule has 18 rings (SSSR count). The Morgan fingerprint density at radius 1 is 0.200 bits per heavy atom. The molecule has 0 unspecified atom stereocenters. The molecule has 0 bridgehead atoms. The number of rotatable bonds is 8. The largest absolute Gasteiger partial charge is 0.223 e. The van der Waals surface area contributed by atoms with Gasteiger partial charge in [-0.3, -0.25) is 0 Å². The molecule has 690 valence electrons. The Kier molecular flexibility index (Phi) is 29.7. The average molecular weight is 1810 g/mol. The molecule has 12 heteroatoms. The van der Waals surface area contributed by atoms with Crippen LogP contribution in [-0.2, 0) is 42.3 Å². The molecule has 12 aromatic carbocycles. The summed E-state index contributed by atoms with van der Waals surface area (Å²) in [5.74, 6) is 0.251. The van der Waals surface area contributed by atoms with Crippen molar-refractivity contribution in [1.82, 2.24) is 0 Å². The van der Waals surface area contributed by atoms with Crippen molar-refractivity contribution in [3.05, 3.63) is 388 Å². The number of aryl methyl sites for hydroxylation is 19. The van der Waals surface area contributed by atoms with E-state index in [1.807, 2.05) is 250 Å². The highest BCUT2D eigenvalue weighted by Gasteiger charge is 2.31. The summed E-state index contributed by atoms with van der Waals surface area (Å²) in [6.45, 7) is 50.1. The standard InChI is InChI=1S/2C22H25FN.3C20H21FN.C19H19FN/c1-13(2)17-8-7-9-19-18(17)10-11-24(6)22(19)20-12-14(3)21(23)16(5)15(20)4;1-13(2)20-12-24(6)22(18-10-8-7-9-17(18)20)19-11-14(3)21(23)16(5)15(19)4;1-12-6-7-17-16(10-12)8-9-22(5)20(17)18-15(4)13(2)11-14(3)19(18)21;1-12-6-7-16-8-9-22(5)20(17(16)10-12)18-15(4)13(2)11-14(3)19(18)21;1-12-7-6-8-17-16(12)9-10-22(5)20(17)18-15(4)13(2)11-14(3)19(18)21;1-12-11-13(2)18(20)17(14(12)3)19-16-8-6-5-7-15(16)9-10-21(19)4/h2*7-13H,1-6H3;3*6-11H,1-5H3;5-11H,1-4H3/q6*+1. The van der Waals surface area contributed by atoms with E-state index in [2.05, 4.69) is 218 Å². The van der Waals surface area contributed by atoms with E-state index in [0.717, 1.165) is 166 Å². The number of halogens is 6. The molecule has 0 amide bonds. The fourth-order valence-electron chi connectivity index (χ4n) is 19.6. The minimum Gasteiger partial charge on any atom is -0.206 e. The van der Waals surface area contributed by atoms with Crippen LogP contribution >= 0.6 is 0 Å². The molecule has 18 aromatic rings. The van der Waals surface area contributed by atoms with Crippen LogP contribution in [0.25, 0.3) is 132 Å². The minimum absolute atomic E-state index is 0.0954. The lowest BCUT2D eigenvalue weighted by Crippen LogP contribution is -2.32. The Morgan fingerprint density at radius 2 is 0.511 bits per heavy atom. The molecule has 0 fully saturated rings. The first-order valence-corrected chi connectivity index (χ1v) is 46.8. The lowest BCUT2D eigenvalue weighted by Gasteiger charge is -2.15. The highest BCUT2D eigenvalue weighted by atomic mass is 19.1. The van der Waals surface area contributed by atoms with E-state index in [1.54, 1.807) is 0 Å². The molecule has 0 radical (unpaired) electrons. The second-order valence-electron chi connectivity index (χ2n) is 38.3. The molecule has 0 aliphatic heterocycles. The van der Waals surface area contributed by atoms with Crippen molar-refractivity contribution in [2.75, 3.05) is 0 Å². The Bertz CT molecular complexity index is 7500. The van der Waals surface area contributed by atoms with Gasteiger partial charge in [-0.15, -0.1) is 0 Å². The fourth-order valence-corrected chi connectivity index (χ4v) is 19.6. The summed E-state index contributed by atoms with van der Waals surface area (Å²) < 4.78 is 100. The lowest BCUT2D eigenvalue weighted by atomic mass is 9.91. The van der Waals surface area contributed by atoms with Crippen LogP contribution in [0.3, 0.4) is 0 Å². The van der Waals surface area contributed by atoms with Crippen molar-refractivity contribution in [3.8, 4) is 67.5 Å². The Morgan fingerprint density at radius 3 is 0.956 bits per heavy atom. The zero-order valence-corrected chi connectivity index (χ0v) is 85.0. The predicted octanol–water partition coefficient (Wildman–Crippen LogP) is 29.5. The van der Waals surface area contributed by atoms with Crippen LogP contribution < -0.4 is 27.4 Å². The summed E-state index contributed by atoms with van der Waals surface area (Å²) >= 11 is 0. The predicted molar refractivity (Wildman–Crippen MR) is 551 cm³/mol. The van der Waals surface area contributed by atoms with Gasteiger partial charge in [0.05, 0.1) is 65.7 Å². The first-order valence-electron chi connectivity index (χ1n) is 46.8. The van der Waals surface area contributed by atoms with Crippen LogP contribution in [0.2, 0.25) is 0 Å². The fraction of sp³-hybridized carbons (Fsp3) is 0.268. The molecule has 6 aromatic heterocycles. The molecule has 0 N–H and O–H groups in total. The molecular weight excluding hydrogens is 1680 g/mol. The third kappa shape index (κ3) is 19.4. The van der Waals surface area contributed by atoms with Gasteiger partial charge in [-0.25, -0.2) is 53.7 Å². The Labute approximate surface area is 796 Å². The normalized spacial score (nSPS) is 11.3. The van der Waals surface area contributed by atoms with Gasteiger partial charge in [-0.1, -0.05) is 148 Å². The topological polar surface area (TPSA) is 23.3 Å². The van der Waals surface area contributed by atoms with E-state index in [9.17, 15) is 26.3 Å². The van der Waals surface area contributed by atoms with E-state index in [0.29, 0.717) is 50.8 Å². The number of pyridine rings is 6. The highest BCUT2D eigenvalue weighted by Crippen LogP contribution is 2.42. The lowest BCUT2D eigenvalue weighted by molar-refractivity contribution is -0.659. The van der Waals surface area contributed by atoms with Gasteiger partial charge in [0.15, 0.2) is 37.2 Å². The molecule has 6 heterocycles. The monoisotopic (exact) mass is 1810 g/mol. The smallest absolute Gasteiger partial charge is 0.206 e. The zero-order chi connectivity index (χ0) is 98.4. The number of benzene rings is 12.